The van der Waals surface area contributed by atoms with Gasteiger partial charge in [0, 0.05) is 12.2 Å². The quantitative estimate of drug-likeness (QED) is 0.425. The number of ether oxygens (including phenoxy) is 4. The summed E-state index contributed by atoms with van der Waals surface area (Å²) in [6.45, 7) is 0.0441. The second-order valence-corrected chi connectivity index (χ2v) is 8.46. The molecule has 1 fully saturated rings. The third-order valence-electron chi connectivity index (χ3n) is 6.23. The second-order valence-electron chi connectivity index (χ2n) is 8.46. The molecule has 1 unspecified atom stereocenters. The average molecular weight is 520 g/mol. The van der Waals surface area contributed by atoms with E-state index in [1.807, 2.05) is 0 Å². The van der Waals surface area contributed by atoms with Gasteiger partial charge in [0.1, 0.15) is 17.5 Å². The molecule has 10 heteroatoms. The molecular weight excluding hydrogens is 490 g/mol. The van der Waals surface area contributed by atoms with Crippen LogP contribution in [0.4, 0.5) is 16.2 Å². The topological polar surface area (TPSA) is 107 Å². The van der Waals surface area contributed by atoms with Gasteiger partial charge in [-0.05, 0) is 66.2 Å². The van der Waals surface area contributed by atoms with Gasteiger partial charge in [-0.2, -0.15) is 0 Å². The molecule has 4 rings (SSSR count). The van der Waals surface area contributed by atoms with Gasteiger partial charge in [-0.1, -0.05) is 6.07 Å². The molecule has 0 aromatic heterocycles. The van der Waals surface area contributed by atoms with Crippen LogP contribution in [0, 0.1) is 0 Å². The Morgan fingerprint density at radius 3 is 2.03 bits per heavy atom. The summed E-state index contributed by atoms with van der Waals surface area (Å²) in [6, 6.07) is 17.1. The first kappa shape index (κ1) is 26.3. The molecule has 1 aliphatic heterocycles. The van der Waals surface area contributed by atoms with E-state index in [-0.39, 0.29) is 13.0 Å². The van der Waals surface area contributed by atoms with Crippen molar-refractivity contribution in [1.29, 1.82) is 0 Å². The van der Waals surface area contributed by atoms with Crippen molar-refractivity contribution in [3.8, 4) is 23.0 Å². The maximum absolute atomic E-state index is 13.6. The molecular formula is C28H29N3O7. The number of hydrogen-bond donors (Lipinski definition) is 1. The van der Waals surface area contributed by atoms with Crippen molar-refractivity contribution in [3.63, 3.8) is 0 Å². The number of carbonyl (C=O) groups excluding carboxylic acids is 3. The first-order valence-electron chi connectivity index (χ1n) is 11.8. The van der Waals surface area contributed by atoms with E-state index >= 15 is 0 Å². The predicted octanol–water partition coefficient (Wildman–Crippen LogP) is 4.09. The number of anilines is 2. The number of hydrogen-bond acceptors (Lipinski definition) is 7. The molecule has 1 atom stereocenters. The Morgan fingerprint density at radius 2 is 1.45 bits per heavy atom. The van der Waals surface area contributed by atoms with Crippen molar-refractivity contribution < 1.29 is 33.3 Å². The van der Waals surface area contributed by atoms with E-state index in [2.05, 4.69) is 5.32 Å². The van der Waals surface area contributed by atoms with Crippen LogP contribution >= 0.6 is 0 Å². The highest BCUT2D eigenvalue weighted by Crippen LogP contribution is 2.31. The first-order chi connectivity index (χ1) is 18.4. The summed E-state index contributed by atoms with van der Waals surface area (Å²) in [6.07, 6.45) is -0.159. The number of carbonyl (C=O) groups is 3. The Morgan fingerprint density at radius 1 is 0.842 bits per heavy atom. The van der Waals surface area contributed by atoms with Crippen LogP contribution in [0.3, 0.4) is 0 Å². The summed E-state index contributed by atoms with van der Waals surface area (Å²) in [5, 5.41) is 2.82. The molecule has 0 bridgehead atoms. The molecule has 1 aliphatic rings. The molecule has 4 amide bonds. The number of rotatable bonds is 9. The molecule has 1 heterocycles. The molecule has 0 saturated carbocycles. The van der Waals surface area contributed by atoms with Gasteiger partial charge in [0.2, 0.25) is 5.91 Å². The average Bonchev–Trinajstić information content (AvgIpc) is 3.24. The van der Waals surface area contributed by atoms with E-state index < -0.39 is 23.9 Å². The number of nitrogens with zero attached hydrogens (tertiary/aromatic N) is 2. The van der Waals surface area contributed by atoms with Crippen LogP contribution in [-0.4, -0.2) is 57.2 Å². The molecule has 10 nitrogen and oxygen atoms in total. The zero-order chi connectivity index (χ0) is 27.2. The number of benzene rings is 3. The Balaban J connectivity index is 1.64. The summed E-state index contributed by atoms with van der Waals surface area (Å²) < 4.78 is 21.1. The van der Waals surface area contributed by atoms with Gasteiger partial charge in [0.05, 0.1) is 40.5 Å². The highest BCUT2D eigenvalue weighted by atomic mass is 16.5. The minimum Gasteiger partial charge on any atom is -0.497 e. The minimum atomic E-state index is -1.02. The van der Waals surface area contributed by atoms with Crippen LogP contribution in [0.2, 0.25) is 0 Å². The van der Waals surface area contributed by atoms with Gasteiger partial charge < -0.3 is 29.2 Å². The fourth-order valence-electron chi connectivity index (χ4n) is 4.23. The number of nitrogens with one attached hydrogen (secondary N) is 1. The lowest BCUT2D eigenvalue weighted by atomic mass is 10.1. The van der Waals surface area contributed by atoms with Crippen molar-refractivity contribution in [1.82, 2.24) is 4.90 Å². The zero-order valence-corrected chi connectivity index (χ0v) is 21.6. The van der Waals surface area contributed by atoms with Crippen LogP contribution in [-0.2, 0) is 16.1 Å². The molecule has 3 aromatic rings. The monoisotopic (exact) mass is 519 g/mol. The van der Waals surface area contributed by atoms with E-state index in [0.29, 0.717) is 39.9 Å². The molecule has 198 valence electrons. The zero-order valence-electron chi connectivity index (χ0n) is 21.6. The number of imide groups is 1. The van der Waals surface area contributed by atoms with Crippen molar-refractivity contribution in [2.75, 3.05) is 38.7 Å². The van der Waals surface area contributed by atoms with Gasteiger partial charge in [-0.25, -0.2) is 9.69 Å². The third kappa shape index (κ3) is 5.49. The molecule has 3 aromatic carbocycles. The van der Waals surface area contributed by atoms with Gasteiger partial charge in [0.25, 0.3) is 5.91 Å². The Bertz CT molecular complexity index is 1310. The van der Waals surface area contributed by atoms with Crippen LogP contribution in [0.1, 0.15) is 12.0 Å². The fraction of sp³-hybridized carbons (Fsp3) is 0.250. The molecule has 0 spiro atoms. The summed E-state index contributed by atoms with van der Waals surface area (Å²) >= 11 is 0. The number of amides is 4. The molecule has 0 aliphatic carbocycles. The fourth-order valence-corrected chi connectivity index (χ4v) is 4.23. The summed E-state index contributed by atoms with van der Waals surface area (Å²) in [5.74, 6) is 1.35. The lowest BCUT2D eigenvalue weighted by Crippen LogP contribution is -2.46. The van der Waals surface area contributed by atoms with E-state index in [0.717, 1.165) is 4.90 Å². The molecule has 38 heavy (non-hydrogen) atoms. The van der Waals surface area contributed by atoms with E-state index in [4.69, 9.17) is 18.9 Å². The van der Waals surface area contributed by atoms with Crippen molar-refractivity contribution >= 4 is 29.2 Å². The first-order valence-corrected chi connectivity index (χ1v) is 11.8. The number of urea groups is 1. The Labute approximate surface area is 220 Å². The SMILES string of the molecule is COc1ccc(NC(=O)N(Cc2ccc(OC)c(OC)c2)C2CC(=O)N(c3ccc(OC)cc3)C2=O)cc1. The molecule has 0 radical (unpaired) electrons. The standard InChI is InChI=1S/C28H29N3O7/c1-35-21-10-6-19(7-11-21)29-28(34)30(17-18-5-14-24(37-3)25(15-18)38-4)23-16-26(32)31(27(23)33)20-8-12-22(36-2)13-9-20/h5-15,23H,16-17H2,1-4H3,(H,29,34). The lowest BCUT2D eigenvalue weighted by molar-refractivity contribution is -0.122. The van der Waals surface area contributed by atoms with Gasteiger partial charge in [-0.15, -0.1) is 0 Å². The van der Waals surface area contributed by atoms with E-state index in [1.165, 1.54) is 26.2 Å². The van der Waals surface area contributed by atoms with Gasteiger partial charge >= 0.3 is 6.03 Å². The van der Waals surface area contributed by atoms with Crippen LogP contribution in [0.5, 0.6) is 23.0 Å². The maximum atomic E-state index is 13.6. The summed E-state index contributed by atoms with van der Waals surface area (Å²) in [7, 11) is 6.13. The van der Waals surface area contributed by atoms with Gasteiger partial charge in [-0.3, -0.25) is 9.59 Å². The van der Waals surface area contributed by atoms with E-state index in [9.17, 15) is 14.4 Å². The van der Waals surface area contributed by atoms with Crippen LogP contribution < -0.4 is 29.2 Å². The number of methoxy groups -OCH3 is 4. The largest absolute Gasteiger partial charge is 0.497 e. The third-order valence-corrected chi connectivity index (χ3v) is 6.23. The summed E-state index contributed by atoms with van der Waals surface area (Å²) in [5.41, 5.74) is 1.61. The lowest BCUT2D eigenvalue weighted by Gasteiger charge is -2.28. The smallest absolute Gasteiger partial charge is 0.322 e. The molecule has 1 saturated heterocycles. The maximum Gasteiger partial charge on any atom is 0.322 e. The Hall–Kier alpha value is -4.73. The highest BCUT2D eigenvalue weighted by Gasteiger charge is 2.44. The highest BCUT2D eigenvalue weighted by molar-refractivity contribution is 6.23. The van der Waals surface area contributed by atoms with Crippen LogP contribution in [0.15, 0.2) is 66.7 Å². The van der Waals surface area contributed by atoms with Gasteiger partial charge in [0.15, 0.2) is 11.5 Å². The predicted molar refractivity (Wildman–Crippen MR) is 141 cm³/mol. The van der Waals surface area contributed by atoms with Crippen LogP contribution in [0.25, 0.3) is 0 Å². The van der Waals surface area contributed by atoms with E-state index in [1.54, 1.807) is 73.8 Å². The van der Waals surface area contributed by atoms with Crippen molar-refractivity contribution in [3.05, 3.63) is 72.3 Å². The normalized spacial score (nSPS) is 14.7. The van der Waals surface area contributed by atoms with Crippen molar-refractivity contribution in [2.24, 2.45) is 0 Å². The second kappa shape index (κ2) is 11.5. The summed E-state index contributed by atoms with van der Waals surface area (Å²) in [4.78, 5) is 42.6. The minimum absolute atomic E-state index is 0.0441. The molecule has 1 N–H and O–H groups in total. The Kier molecular flexibility index (Phi) is 8.00. The van der Waals surface area contributed by atoms with Crippen molar-refractivity contribution in [2.45, 2.75) is 19.0 Å².